The molecule has 0 aliphatic carbocycles. The lowest BCUT2D eigenvalue weighted by molar-refractivity contribution is -0.139. The van der Waals surface area contributed by atoms with Crippen LogP contribution < -0.4 is 4.74 Å². The van der Waals surface area contributed by atoms with Crippen LogP contribution in [0.4, 0.5) is 0 Å². The fraction of sp³-hybridized carbons (Fsp3) is 0.267. The van der Waals surface area contributed by atoms with Gasteiger partial charge < -0.3 is 19.6 Å². The quantitative estimate of drug-likeness (QED) is 0.205. The molecule has 0 spiro atoms. The number of nitrogens with zero attached hydrogens (tertiary/aromatic N) is 2. The van der Waals surface area contributed by atoms with Gasteiger partial charge in [0.15, 0.2) is 0 Å². The van der Waals surface area contributed by atoms with Gasteiger partial charge in [-0.15, -0.1) is 0 Å². The lowest BCUT2D eigenvalue weighted by atomic mass is 9.95. The monoisotopic (exact) mass is 562 g/mol. The summed E-state index contributed by atoms with van der Waals surface area (Å²) >= 11 is 3.49. The Kier molecular flexibility index (Phi) is 8.46. The van der Waals surface area contributed by atoms with E-state index in [-0.39, 0.29) is 11.3 Å². The number of aryl methyl sites for hydroxylation is 1. The molecule has 1 saturated heterocycles. The van der Waals surface area contributed by atoms with Gasteiger partial charge in [-0.25, -0.2) is 0 Å². The van der Waals surface area contributed by atoms with Crippen LogP contribution in [-0.4, -0.2) is 53.8 Å². The first-order chi connectivity index (χ1) is 17.8. The van der Waals surface area contributed by atoms with E-state index in [1.54, 1.807) is 29.2 Å². The summed E-state index contributed by atoms with van der Waals surface area (Å²) < 4.78 is 6.75. The van der Waals surface area contributed by atoms with Gasteiger partial charge in [-0.1, -0.05) is 52.3 Å². The van der Waals surface area contributed by atoms with Crippen LogP contribution in [0.15, 0.2) is 82.8 Å². The predicted molar refractivity (Wildman–Crippen MR) is 148 cm³/mol. The molecule has 1 aliphatic rings. The molecule has 1 unspecified atom stereocenters. The number of ether oxygens (including phenoxy) is 1. The Morgan fingerprint density at radius 1 is 1.03 bits per heavy atom. The number of benzene rings is 3. The van der Waals surface area contributed by atoms with Gasteiger partial charge in [-0.05, 0) is 87.1 Å². The molecule has 3 aromatic rings. The third-order valence-corrected chi connectivity index (χ3v) is 6.99. The molecule has 6 nitrogen and oxygen atoms in total. The third-order valence-electron chi connectivity index (χ3n) is 6.49. The van der Waals surface area contributed by atoms with Crippen LogP contribution in [0, 0.1) is 6.92 Å². The average Bonchev–Trinajstić information content (AvgIpc) is 3.13. The summed E-state index contributed by atoms with van der Waals surface area (Å²) in [5.41, 5.74) is 3.56. The van der Waals surface area contributed by atoms with Crippen molar-refractivity contribution in [2.45, 2.75) is 26.0 Å². The van der Waals surface area contributed by atoms with Crippen LogP contribution in [0.5, 0.6) is 5.75 Å². The highest BCUT2D eigenvalue weighted by molar-refractivity contribution is 9.10. The fourth-order valence-corrected chi connectivity index (χ4v) is 4.91. The first-order valence-electron chi connectivity index (χ1n) is 12.2. The van der Waals surface area contributed by atoms with E-state index < -0.39 is 17.7 Å². The van der Waals surface area contributed by atoms with Crippen molar-refractivity contribution in [2.75, 3.05) is 27.2 Å². The van der Waals surface area contributed by atoms with Crippen molar-refractivity contribution in [3.8, 4) is 5.75 Å². The molecule has 0 radical (unpaired) electrons. The zero-order valence-electron chi connectivity index (χ0n) is 21.3. The highest BCUT2D eigenvalue weighted by Gasteiger charge is 2.45. The zero-order valence-corrected chi connectivity index (χ0v) is 22.9. The second-order valence-electron chi connectivity index (χ2n) is 9.44. The molecule has 7 heteroatoms. The van der Waals surface area contributed by atoms with Crippen LogP contribution in [0.1, 0.15) is 34.7 Å². The van der Waals surface area contributed by atoms with Crippen molar-refractivity contribution in [3.63, 3.8) is 0 Å². The number of hydrogen-bond acceptors (Lipinski definition) is 5. The van der Waals surface area contributed by atoms with Crippen molar-refractivity contribution in [2.24, 2.45) is 0 Å². The number of hydrogen-bond donors (Lipinski definition) is 1. The summed E-state index contributed by atoms with van der Waals surface area (Å²) in [5.74, 6) is -0.813. The van der Waals surface area contributed by atoms with Gasteiger partial charge in [0.1, 0.15) is 18.1 Å². The molecule has 37 heavy (non-hydrogen) atoms. The summed E-state index contributed by atoms with van der Waals surface area (Å²) in [7, 11) is 3.93. The number of Topliss-reactive ketones (excluding diaryl/α,β-unsaturated/α-hetero) is 1. The number of carbonyl (C=O) groups is 2. The zero-order chi connectivity index (χ0) is 26.5. The van der Waals surface area contributed by atoms with Crippen molar-refractivity contribution in [1.82, 2.24) is 9.80 Å². The number of rotatable bonds is 9. The summed E-state index contributed by atoms with van der Waals surface area (Å²) in [4.78, 5) is 29.9. The summed E-state index contributed by atoms with van der Waals surface area (Å²) in [6.45, 7) is 3.65. The van der Waals surface area contributed by atoms with Gasteiger partial charge in [-0.3, -0.25) is 9.59 Å². The number of aliphatic hydroxyl groups excluding tert-OH is 1. The molecule has 1 aliphatic heterocycles. The molecular formula is C30H31BrN2O4. The topological polar surface area (TPSA) is 70.1 Å². The molecule has 1 amide bonds. The second kappa shape index (κ2) is 11.8. The Bertz CT molecular complexity index is 1320. The van der Waals surface area contributed by atoms with E-state index in [0.29, 0.717) is 30.9 Å². The van der Waals surface area contributed by atoms with Crippen LogP contribution in [0.25, 0.3) is 5.76 Å². The Hall–Kier alpha value is -3.42. The highest BCUT2D eigenvalue weighted by atomic mass is 79.9. The van der Waals surface area contributed by atoms with Crippen molar-refractivity contribution in [1.29, 1.82) is 0 Å². The van der Waals surface area contributed by atoms with Crippen LogP contribution in [0.3, 0.4) is 0 Å². The average molecular weight is 563 g/mol. The molecule has 1 atom stereocenters. The lowest BCUT2D eigenvalue weighted by Gasteiger charge is -2.26. The number of aliphatic hydroxyl groups is 1. The maximum Gasteiger partial charge on any atom is 0.295 e. The van der Waals surface area contributed by atoms with Crippen molar-refractivity contribution < 1.29 is 19.4 Å². The van der Waals surface area contributed by atoms with E-state index in [0.717, 1.165) is 27.7 Å². The van der Waals surface area contributed by atoms with Crippen LogP contribution >= 0.6 is 15.9 Å². The van der Waals surface area contributed by atoms with Gasteiger partial charge in [0, 0.05) is 16.6 Å². The van der Waals surface area contributed by atoms with Crippen LogP contribution in [-0.2, 0) is 16.2 Å². The summed E-state index contributed by atoms with van der Waals surface area (Å²) in [6.07, 6.45) is 0.706. The lowest BCUT2D eigenvalue weighted by Crippen LogP contribution is -2.32. The fourth-order valence-electron chi connectivity index (χ4n) is 4.49. The molecule has 3 aromatic carbocycles. The number of ketones is 1. The molecule has 0 bridgehead atoms. The third kappa shape index (κ3) is 6.12. The van der Waals surface area contributed by atoms with Gasteiger partial charge >= 0.3 is 0 Å². The maximum atomic E-state index is 13.2. The molecular weight excluding hydrogens is 532 g/mol. The van der Waals surface area contributed by atoms with Crippen molar-refractivity contribution in [3.05, 3.63) is 105 Å². The van der Waals surface area contributed by atoms with Gasteiger partial charge in [0.25, 0.3) is 11.7 Å². The molecule has 1 N–H and O–H groups in total. The SMILES string of the molecule is Cc1ccccc1COc1ccc(C(O)=C2C(=O)C(=O)N(CCCN(C)C)C2c2cccc(Br)c2)cc1. The minimum Gasteiger partial charge on any atom is -0.507 e. The van der Waals surface area contributed by atoms with E-state index in [1.807, 2.05) is 74.4 Å². The molecule has 0 saturated carbocycles. The standard InChI is InChI=1S/C30H31BrN2O4/c1-20-8-4-5-9-23(20)19-37-25-14-12-21(13-15-25)28(34)26-27(22-10-6-11-24(31)18-22)33(30(36)29(26)35)17-7-16-32(2)3/h4-6,8-15,18,27,34H,7,16-17,19H2,1-3H3. The Balaban J connectivity index is 1.63. The second-order valence-corrected chi connectivity index (χ2v) is 10.4. The highest BCUT2D eigenvalue weighted by Crippen LogP contribution is 2.40. The largest absolute Gasteiger partial charge is 0.507 e. The molecule has 192 valence electrons. The Morgan fingerprint density at radius 3 is 2.43 bits per heavy atom. The van der Waals surface area contributed by atoms with E-state index >= 15 is 0 Å². The normalized spacial score (nSPS) is 17.0. The molecule has 1 fully saturated rings. The van der Waals surface area contributed by atoms with E-state index in [1.165, 1.54) is 0 Å². The van der Waals surface area contributed by atoms with Gasteiger partial charge in [0.05, 0.1) is 11.6 Å². The number of likely N-dealkylation sites (tertiary alicyclic amines) is 1. The van der Waals surface area contributed by atoms with Crippen LogP contribution in [0.2, 0.25) is 0 Å². The molecule has 1 heterocycles. The van der Waals surface area contributed by atoms with Gasteiger partial charge in [-0.2, -0.15) is 0 Å². The van der Waals surface area contributed by atoms with E-state index in [9.17, 15) is 14.7 Å². The first-order valence-corrected chi connectivity index (χ1v) is 13.0. The Morgan fingerprint density at radius 2 is 1.76 bits per heavy atom. The molecule has 0 aromatic heterocycles. The first kappa shape index (κ1) is 26.6. The summed E-state index contributed by atoms with van der Waals surface area (Å²) in [5, 5.41) is 11.3. The maximum absolute atomic E-state index is 13.2. The predicted octanol–water partition coefficient (Wildman–Crippen LogP) is 5.71. The molecule has 4 rings (SSSR count). The Labute approximate surface area is 226 Å². The number of halogens is 1. The minimum atomic E-state index is -0.674. The van der Waals surface area contributed by atoms with E-state index in [2.05, 4.69) is 15.9 Å². The minimum absolute atomic E-state index is 0.0986. The van der Waals surface area contributed by atoms with Gasteiger partial charge in [0.2, 0.25) is 0 Å². The smallest absolute Gasteiger partial charge is 0.295 e. The summed E-state index contributed by atoms with van der Waals surface area (Å²) in [6, 6.07) is 21.8. The van der Waals surface area contributed by atoms with Crippen molar-refractivity contribution >= 4 is 33.4 Å². The number of amides is 1. The van der Waals surface area contributed by atoms with E-state index in [4.69, 9.17) is 4.74 Å². The number of carbonyl (C=O) groups excluding carboxylic acids is 2.